The molecule has 0 spiro atoms. The van der Waals surface area contributed by atoms with Crippen molar-refractivity contribution in [1.82, 2.24) is 10.6 Å². The molecule has 8 nitrogen and oxygen atoms in total. The summed E-state index contributed by atoms with van der Waals surface area (Å²) in [4.78, 5) is 23.9. The molecule has 2 heterocycles. The number of benzene rings is 2. The highest BCUT2D eigenvalue weighted by atomic mass is 16.5. The first-order chi connectivity index (χ1) is 14.1. The molecule has 148 valence electrons. The number of carbonyl (C=O) groups excluding carboxylic acids is 2. The third-order valence-electron chi connectivity index (χ3n) is 4.39. The molecule has 8 heteroatoms. The molecule has 0 aliphatic heterocycles. The molecule has 0 radical (unpaired) electrons. The second kappa shape index (κ2) is 7.97. The predicted octanol–water partition coefficient (Wildman–Crippen LogP) is 3.63. The summed E-state index contributed by atoms with van der Waals surface area (Å²) < 4.78 is 16.4. The van der Waals surface area contributed by atoms with Crippen molar-refractivity contribution in [2.45, 2.75) is 6.54 Å². The molecular weight excluding hydrogens is 374 g/mol. The lowest BCUT2D eigenvalue weighted by Crippen LogP contribution is -2.41. The van der Waals surface area contributed by atoms with Gasteiger partial charge in [0.25, 0.3) is 0 Å². The number of urea groups is 1. The number of carbonyl (C=O) groups is 2. The Balaban J connectivity index is 1.41. The minimum atomic E-state index is -0.604. The van der Waals surface area contributed by atoms with Gasteiger partial charge in [-0.15, -0.1) is 0 Å². The number of methoxy groups -OCH3 is 1. The number of hydrogen-bond acceptors (Lipinski definition) is 6. The van der Waals surface area contributed by atoms with Crippen molar-refractivity contribution >= 4 is 39.6 Å². The van der Waals surface area contributed by atoms with Crippen molar-refractivity contribution in [3.63, 3.8) is 0 Å². The van der Waals surface area contributed by atoms with Gasteiger partial charge >= 0.3 is 6.03 Å². The van der Waals surface area contributed by atoms with E-state index in [1.807, 2.05) is 30.3 Å². The lowest BCUT2D eigenvalue weighted by Gasteiger charge is -2.11. The summed E-state index contributed by atoms with van der Waals surface area (Å²) in [5.74, 6) is 0.669. The number of fused-ring (bicyclic) bond motifs is 3. The summed E-state index contributed by atoms with van der Waals surface area (Å²) in [6.07, 6.45) is 1.51. The van der Waals surface area contributed by atoms with E-state index < -0.39 is 11.9 Å². The van der Waals surface area contributed by atoms with E-state index in [2.05, 4.69) is 16.0 Å². The first-order valence-electron chi connectivity index (χ1n) is 8.97. The van der Waals surface area contributed by atoms with Gasteiger partial charge in [-0.2, -0.15) is 0 Å². The van der Waals surface area contributed by atoms with Crippen LogP contribution in [0.4, 0.5) is 10.5 Å². The largest absolute Gasteiger partial charge is 0.495 e. The van der Waals surface area contributed by atoms with Gasteiger partial charge in [-0.05, 0) is 24.3 Å². The van der Waals surface area contributed by atoms with Gasteiger partial charge in [0, 0.05) is 16.8 Å². The van der Waals surface area contributed by atoms with Crippen LogP contribution in [0, 0.1) is 0 Å². The number of amides is 3. The van der Waals surface area contributed by atoms with E-state index in [1.165, 1.54) is 6.26 Å². The van der Waals surface area contributed by atoms with Crippen LogP contribution in [-0.2, 0) is 11.3 Å². The van der Waals surface area contributed by atoms with Gasteiger partial charge in [0.1, 0.15) is 22.7 Å². The van der Waals surface area contributed by atoms with Crippen LogP contribution >= 0.6 is 0 Å². The van der Waals surface area contributed by atoms with Gasteiger partial charge in [0.05, 0.1) is 32.1 Å². The normalized spacial score (nSPS) is 10.8. The lowest BCUT2D eigenvalue weighted by molar-refractivity contribution is -0.118. The second-order valence-corrected chi connectivity index (χ2v) is 6.31. The standard InChI is InChI=1S/C21H19N3O5/c1-27-19-9-15-14-6-2-3-7-17(14)29-18(15)10-16(19)22-12-20(25)24-21(26)23-11-13-5-4-8-28-13/h2-10,22H,11-12H2,1H3,(H2,23,24,25,26). The Morgan fingerprint density at radius 2 is 1.90 bits per heavy atom. The number of anilines is 1. The van der Waals surface area contributed by atoms with Gasteiger partial charge in [0.15, 0.2) is 0 Å². The maximum Gasteiger partial charge on any atom is 0.321 e. The van der Waals surface area contributed by atoms with Crippen LogP contribution < -0.4 is 20.7 Å². The fourth-order valence-electron chi connectivity index (χ4n) is 3.03. The van der Waals surface area contributed by atoms with Crippen LogP contribution in [-0.4, -0.2) is 25.6 Å². The molecule has 0 saturated carbocycles. The number of para-hydroxylation sites is 1. The number of imide groups is 1. The van der Waals surface area contributed by atoms with Crippen LogP contribution in [0.15, 0.2) is 63.6 Å². The maximum absolute atomic E-state index is 12.1. The summed E-state index contributed by atoms with van der Waals surface area (Å²) >= 11 is 0. The van der Waals surface area contributed by atoms with E-state index in [1.54, 1.807) is 25.3 Å². The SMILES string of the molecule is COc1cc2c(cc1NCC(=O)NC(=O)NCc1ccco1)oc1ccccc12. The smallest absolute Gasteiger partial charge is 0.321 e. The average molecular weight is 393 g/mol. The van der Waals surface area contributed by atoms with Gasteiger partial charge in [-0.25, -0.2) is 4.79 Å². The van der Waals surface area contributed by atoms with Crippen LogP contribution in [0.1, 0.15) is 5.76 Å². The Morgan fingerprint density at radius 3 is 2.69 bits per heavy atom. The summed E-state index contributed by atoms with van der Waals surface area (Å²) in [6.45, 7) is 0.0757. The molecule has 0 aliphatic carbocycles. The molecular formula is C21H19N3O5. The van der Waals surface area contributed by atoms with Crippen molar-refractivity contribution in [1.29, 1.82) is 0 Å². The molecule has 0 aliphatic rings. The molecule has 3 amide bonds. The zero-order valence-electron chi connectivity index (χ0n) is 15.7. The third kappa shape index (κ3) is 4.01. The van der Waals surface area contributed by atoms with E-state index in [-0.39, 0.29) is 13.1 Å². The fourth-order valence-corrected chi connectivity index (χ4v) is 3.03. The molecule has 4 rings (SSSR count). The zero-order valence-corrected chi connectivity index (χ0v) is 15.7. The third-order valence-corrected chi connectivity index (χ3v) is 4.39. The van der Waals surface area contributed by atoms with Gasteiger partial charge in [0.2, 0.25) is 5.91 Å². The first-order valence-corrected chi connectivity index (χ1v) is 8.97. The molecule has 4 aromatic rings. The van der Waals surface area contributed by atoms with E-state index in [0.717, 1.165) is 16.4 Å². The first kappa shape index (κ1) is 18.4. The summed E-state index contributed by atoms with van der Waals surface area (Å²) in [5.41, 5.74) is 2.03. The molecule has 0 fully saturated rings. The Kier molecular flexibility index (Phi) is 5.07. The van der Waals surface area contributed by atoms with Crippen LogP contribution in [0.25, 0.3) is 21.9 Å². The molecule has 0 atom stereocenters. The monoisotopic (exact) mass is 393 g/mol. The van der Waals surface area contributed by atoms with Gasteiger partial charge in [-0.1, -0.05) is 18.2 Å². The van der Waals surface area contributed by atoms with E-state index in [0.29, 0.717) is 22.8 Å². The quantitative estimate of drug-likeness (QED) is 0.462. The summed E-state index contributed by atoms with van der Waals surface area (Å²) in [5, 5.41) is 9.68. The Bertz CT molecular complexity index is 1160. The van der Waals surface area contributed by atoms with Gasteiger partial charge in [-0.3, -0.25) is 10.1 Å². The zero-order chi connectivity index (χ0) is 20.2. The van der Waals surface area contributed by atoms with Crippen LogP contribution in [0.5, 0.6) is 5.75 Å². The summed E-state index contributed by atoms with van der Waals surface area (Å²) in [7, 11) is 1.55. The van der Waals surface area contributed by atoms with Crippen molar-refractivity contribution in [3.05, 3.63) is 60.6 Å². The topological polar surface area (TPSA) is 106 Å². The minimum Gasteiger partial charge on any atom is -0.495 e. The molecule has 0 bridgehead atoms. The van der Waals surface area contributed by atoms with Crippen molar-refractivity contribution in [2.75, 3.05) is 19.0 Å². The summed E-state index contributed by atoms with van der Waals surface area (Å²) in [6, 6.07) is 14.2. The molecule has 29 heavy (non-hydrogen) atoms. The molecule has 0 unspecified atom stereocenters. The predicted molar refractivity (Wildman–Crippen MR) is 108 cm³/mol. The lowest BCUT2D eigenvalue weighted by atomic mass is 10.1. The number of nitrogens with one attached hydrogen (secondary N) is 3. The maximum atomic E-state index is 12.1. The highest BCUT2D eigenvalue weighted by molar-refractivity contribution is 6.06. The molecule has 2 aromatic carbocycles. The molecule has 3 N–H and O–H groups in total. The molecule has 0 saturated heterocycles. The number of furan rings is 2. The van der Waals surface area contributed by atoms with Crippen LogP contribution in [0.2, 0.25) is 0 Å². The van der Waals surface area contributed by atoms with E-state index in [4.69, 9.17) is 13.6 Å². The second-order valence-electron chi connectivity index (χ2n) is 6.31. The molecule has 2 aromatic heterocycles. The Morgan fingerprint density at radius 1 is 1.03 bits per heavy atom. The van der Waals surface area contributed by atoms with Crippen molar-refractivity contribution in [2.24, 2.45) is 0 Å². The van der Waals surface area contributed by atoms with E-state index >= 15 is 0 Å². The minimum absolute atomic E-state index is 0.115. The highest BCUT2D eigenvalue weighted by Crippen LogP contribution is 2.36. The average Bonchev–Trinajstić information content (AvgIpc) is 3.37. The van der Waals surface area contributed by atoms with Gasteiger partial charge < -0.3 is 24.2 Å². The number of ether oxygens (including phenoxy) is 1. The Labute approximate surface area is 165 Å². The van der Waals surface area contributed by atoms with E-state index in [9.17, 15) is 9.59 Å². The van der Waals surface area contributed by atoms with Crippen molar-refractivity contribution < 1.29 is 23.2 Å². The fraction of sp³-hybridized carbons (Fsp3) is 0.143. The Hall–Kier alpha value is -3.94. The number of hydrogen-bond donors (Lipinski definition) is 3. The van der Waals surface area contributed by atoms with Crippen molar-refractivity contribution in [3.8, 4) is 5.75 Å². The highest BCUT2D eigenvalue weighted by Gasteiger charge is 2.14. The number of rotatable bonds is 6. The van der Waals surface area contributed by atoms with Crippen LogP contribution in [0.3, 0.4) is 0 Å².